The molecule has 0 fully saturated rings. The minimum Gasteiger partial charge on any atom is -0.398 e. The third-order valence-electron chi connectivity index (χ3n) is 3.37. The molecule has 6 nitrogen and oxygen atoms in total. The zero-order valence-corrected chi connectivity index (χ0v) is 13.2. The first kappa shape index (κ1) is 15.5. The molecule has 1 aromatic carbocycles. The second-order valence-corrected chi connectivity index (χ2v) is 6.92. The van der Waals surface area contributed by atoms with E-state index in [1.165, 1.54) is 6.07 Å². The van der Waals surface area contributed by atoms with Crippen LogP contribution in [0.1, 0.15) is 18.1 Å². The summed E-state index contributed by atoms with van der Waals surface area (Å²) in [5.74, 6) is 0. The van der Waals surface area contributed by atoms with E-state index in [0.717, 1.165) is 11.1 Å². The van der Waals surface area contributed by atoms with Gasteiger partial charge in [-0.25, -0.2) is 13.1 Å². The van der Waals surface area contributed by atoms with Crippen molar-refractivity contribution < 1.29 is 8.42 Å². The number of anilines is 1. The highest BCUT2D eigenvalue weighted by Crippen LogP contribution is 2.21. The number of rotatable bonds is 5. The highest BCUT2D eigenvalue weighted by atomic mass is 32.2. The third-order valence-corrected chi connectivity index (χ3v) is 4.94. The van der Waals surface area contributed by atoms with Gasteiger partial charge < -0.3 is 5.73 Å². The Morgan fingerprint density at radius 1 is 1.38 bits per heavy atom. The molecule has 2 rings (SSSR count). The lowest BCUT2D eigenvalue weighted by atomic mass is 10.1. The van der Waals surface area contributed by atoms with Crippen LogP contribution in [0.15, 0.2) is 35.5 Å². The van der Waals surface area contributed by atoms with Gasteiger partial charge in [0, 0.05) is 24.1 Å². The van der Waals surface area contributed by atoms with Gasteiger partial charge >= 0.3 is 0 Å². The van der Waals surface area contributed by atoms with Crippen molar-refractivity contribution in [3.8, 4) is 0 Å². The zero-order chi connectivity index (χ0) is 15.6. The van der Waals surface area contributed by atoms with E-state index in [0.29, 0.717) is 12.2 Å². The average molecular weight is 308 g/mol. The van der Waals surface area contributed by atoms with Gasteiger partial charge in [-0.15, -0.1) is 0 Å². The van der Waals surface area contributed by atoms with Crippen molar-refractivity contribution in [3.63, 3.8) is 0 Å². The van der Waals surface area contributed by atoms with Gasteiger partial charge in [0.05, 0.1) is 11.4 Å². The van der Waals surface area contributed by atoms with Crippen LogP contribution in [0.2, 0.25) is 0 Å². The van der Waals surface area contributed by atoms with Gasteiger partial charge in [0.25, 0.3) is 0 Å². The molecule has 0 amide bonds. The van der Waals surface area contributed by atoms with Crippen LogP contribution in [-0.4, -0.2) is 24.2 Å². The Morgan fingerprint density at radius 2 is 2.10 bits per heavy atom. The maximum absolute atomic E-state index is 12.4. The minimum atomic E-state index is -3.60. The van der Waals surface area contributed by atoms with Crippen molar-refractivity contribution in [1.82, 2.24) is 14.5 Å². The lowest BCUT2D eigenvalue weighted by Gasteiger charge is -2.16. The van der Waals surface area contributed by atoms with Gasteiger partial charge in [0.1, 0.15) is 0 Å². The molecule has 2 aromatic rings. The molecule has 7 heteroatoms. The molecule has 1 aromatic heterocycles. The number of nitrogens with one attached hydrogen (secondary N) is 1. The van der Waals surface area contributed by atoms with E-state index in [-0.39, 0.29) is 10.9 Å². The zero-order valence-electron chi connectivity index (χ0n) is 12.4. The van der Waals surface area contributed by atoms with E-state index in [1.807, 2.05) is 13.8 Å². The lowest BCUT2D eigenvalue weighted by Crippen LogP contribution is -2.35. The van der Waals surface area contributed by atoms with Gasteiger partial charge in [-0.05, 0) is 50.1 Å². The molecule has 114 valence electrons. The van der Waals surface area contributed by atoms with Gasteiger partial charge in [0.2, 0.25) is 10.0 Å². The maximum Gasteiger partial charge on any atom is 0.240 e. The number of nitrogens with two attached hydrogens (primary N) is 1. The van der Waals surface area contributed by atoms with Crippen LogP contribution >= 0.6 is 0 Å². The van der Waals surface area contributed by atoms with Crippen LogP contribution in [0.25, 0.3) is 0 Å². The summed E-state index contributed by atoms with van der Waals surface area (Å²) in [4.78, 5) is 0.190. The first-order valence-corrected chi connectivity index (χ1v) is 8.14. The Morgan fingerprint density at radius 3 is 2.67 bits per heavy atom. The number of nitrogen functional groups attached to an aromatic ring is 1. The molecule has 0 aliphatic carbocycles. The van der Waals surface area contributed by atoms with E-state index < -0.39 is 10.0 Å². The van der Waals surface area contributed by atoms with E-state index in [4.69, 9.17) is 5.73 Å². The summed E-state index contributed by atoms with van der Waals surface area (Å²) in [5, 5.41) is 4.06. The molecule has 0 radical (unpaired) electrons. The van der Waals surface area contributed by atoms with Crippen LogP contribution in [0.3, 0.4) is 0 Å². The average Bonchev–Trinajstić information content (AvgIpc) is 2.87. The van der Waals surface area contributed by atoms with Crippen molar-refractivity contribution in [3.05, 3.63) is 41.7 Å². The Kier molecular flexibility index (Phi) is 4.34. The number of aryl methyl sites for hydroxylation is 1. The van der Waals surface area contributed by atoms with Crippen molar-refractivity contribution in [2.24, 2.45) is 0 Å². The third kappa shape index (κ3) is 3.62. The molecule has 1 atom stereocenters. The molecule has 21 heavy (non-hydrogen) atoms. The molecule has 0 saturated heterocycles. The summed E-state index contributed by atoms with van der Waals surface area (Å²) in [6.07, 6.45) is 3.45. The van der Waals surface area contributed by atoms with Crippen LogP contribution < -0.4 is 10.5 Å². The smallest absolute Gasteiger partial charge is 0.240 e. The number of sulfonamides is 1. The Bertz CT molecular complexity index is 700. The van der Waals surface area contributed by atoms with Crippen molar-refractivity contribution >= 4 is 15.7 Å². The van der Waals surface area contributed by atoms with Crippen LogP contribution in [0, 0.1) is 13.8 Å². The Balaban J connectivity index is 2.18. The van der Waals surface area contributed by atoms with Gasteiger partial charge in [-0.2, -0.15) is 5.10 Å². The van der Waals surface area contributed by atoms with Gasteiger partial charge in [-0.3, -0.25) is 4.68 Å². The molecule has 0 bridgehead atoms. The fourth-order valence-electron chi connectivity index (χ4n) is 2.07. The molecular weight excluding hydrogens is 288 g/mol. The summed E-state index contributed by atoms with van der Waals surface area (Å²) in [5.41, 5.74) is 8.09. The Labute approximate surface area is 125 Å². The number of benzene rings is 1. The largest absolute Gasteiger partial charge is 0.398 e. The molecule has 0 spiro atoms. The Hall–Kier alpha value is -1.86. The van der Waals surface area contributed by atoms with E-state index in [1.54, 1.807) is 36.1 Å². The first-order chi connectivity index (χ1) is 9.79. The summed E-state index contributed by atoms with van der Waals surface area (Å²) in [6.45, 7) is 5.98. The van der Waals surface area contributed by atoms with Gasteiger partial charge in [-0.1, -0.05) is 0 Å². The quantitative estimate of drug-likeness (QED) is 0.818. The summed E-state index contributed by atoms with van der Waals surface area (Å²) in [6, 6.07) is 4.64. The highest BCUT2D eigenvalue weighted by Gasteiger charge is 2.19. The molecule has 3 N–H and O–H groups in total. The normalized spacial score (nSPS) is 13.3. The van der Waals surface area contributed by atoms with Gasteiger partial charge in [0.15, 0.2) is 0 Å². The lowest BCUT2D eigenvalue weighted by molar-refractivity contribution is 0.494. The minimum absolute atomic E-state index is 0.190. The highest BCUT2D eigenvalue weighted by molar-refractivity contribution is 7.89. The molecule has 1 unspecified atom stereocenters. The summed E-state index contributed by atoms with van der Waals surface area (Å²) >= 11 is 0. The first-order valence-electron chi connectivity index (χ1n) is 6.66. The molecule has 0 aliphatic heterocycles. The van der Waals surface area contributed by atoms with Crippen molar-refractivity contribution in [1.29, 1.82) is 0 Å². The molecule has 0 saturated carbocycles. The molecule has 0 aliphatic rings. The summed E-state index contributed by atoms with van der Waals surface area (Å²) in [7, 11) is -3.60. The van der Waals surface area contributed by atoms with E-state index in [2.05, 4.69) is 9.82 Å². The molecule has 1 heterocycles. The fraction of sp³-hybridized carbons (Fsp3) is 0.357. The van der Waals surface area contributed by atoms with E-state index >= 15 is 0 Å². The second-order valence-electron chi connectivity index (χ2n) is 5.20. The number of nitrogens with zero attached hydrogens (tertiary/aromatic N) is 2. The maximum atomic E-state index is 12.4. The fourth-order valence-corrected chi connectivity index (χ4v) is 3.42. The van der Waals surface area contributed by atoms with Crippen LogP contribution in [-0.2, 0) is 16.6 Å². The number of aromatic nitrogens is 2. The van der Waals surface area contributed by atoms with E-state index in [9.17, 15) is 8.42 Å². The standard InChI is InChI=1S/C14H20N4O2S/c1-10-7-13(8-14(15)12(10)3)21(19,20)17-11(2)9-18-6-4-5-16-18/h4-8,11,17H,9,15H2,1-3H3. The van der Waals surface area contributed by atoms with Crippen LogP contribution in [0.4, 0.5) is 5.69 Å². The number of hydrogen-bond acceptors (Lipinski definition) is 4. The topological polar surface area (TPSA) is 90.0 Å². The predicted molar refractivity (Wildman–Crippen MR) is 82.3 cm³/mol. The van der Waals surface area contributed by atoms with Crippen molar-refractivity contribution in [2.45, 2.75) is 38.3 Å². The monoisotopic (exact) mass is 308 g/mol. The predicted octanol–water partition coefficient (Wildman–Crippen LogP) is 1.45. The number of hydrogen-bond donors (Lipinski definition) is 2. The van der Waals surface area contributed by atoms with Crippen molar-refractivity contribution in [2.75, 3.05) is 5.73 Å². The second kappa shape index (κ2) is 5.87. The summed E-state index contributed by atoms with van der Waals surface area (Å²) < 4.78 is 29.1. The SMILES string of the molecule is Cc1cc(S(=O)(=O)NC(C)Cn2cccn2)cc(N)c1C. The van der Waals surface area contributed by atoms with Crippen LogP contribution in [0.5, 0.6) is 0 Å². The molecular formula is C14H20N4O2S.